The number of hydrogen-bond donors (Lipinski definition) is 0. The zero-order valence-electron chi connectivity index (χ0n) is 10.5. The van der Waals surface area contributed by atoms with Crippen molar-refractivity contribution in [1.82, 2.24) is 0 Å². The first-order chi connectivity index (χ1) is 8.55. The van der Waals surface area contributed by atoms with Gasteiger partial charge in [-0.2, -0.15) is 43.9 Å². The molecule has 0 aromatic carbocycles. The minimum Gasteiger partial charge on any atom is -0.851 e. The first kappa shape index (κ1) is 23.1. The smallest absolute Gasteiger partial charge is 0.851 e. The van der Waals surface area contributed by atoms with Gasteiger partial charge in [-0.15, -0.1) is 6.10 Å². The van der Waals surface area contributed by atoms with E-state index in [1.165, 1.54) is 0 Å². The van der Waals surface area contributed by atoms with Crippen LogP contribution in [0.5, 0.6) is 0 Å². The zero-order valence-corrected chi connectivity index (χ0v) is 10.5. The Morgan fingerprint density at radius 3 is 1.29 bits per heavy atom. The summed E-state index contributed by atoms with van der Waals surface area (Å²) < 4.78 is 126. The predicted octanol–water partition coefficient (Wildman–Crippen LogP) is -0.480. The van der Waals surface area contributed by atoms with Crippen LogP contribution in [0.15, 0.2) is 0 Å². The minimum atomic E-state index is -6.71. The Morgan fingerprint density at radius 1 is 0.810 bits per heavy atom. The van der Waals surface area contributed by atoms with Gasteiger partial charge in [-0.05, 0) is 0 Å². The van der Waals surface area contributed by atoms with Crippen LogP contribution in [0, 0.1) is 0 Å². The average Bonchev–Trinajstić information content (AvgIpc) is 2.12. The summed E-state index contributed by atoms with van der Waals surface area (Å²) in [6, 6.07) is 0. The van der Waals surface area contributed by atoms with Gasteiger partial charge in [0.15, 0.2) is 0 Å². The van der Waals surface area contributed by atoms with E-state index in [1.54, 1.807) is 0 Å². The number of ether oxygens (including phenoxy) is 1. The van der Waals surface area contributed by atoms with Gasteiger partial charge in [0.1, 0.15) is 0 Å². The molecule has 2 nitrogen and oxygen atoms in total. The van der Waals surface area contributed by atoms with E-state index in [0.717, 1.165) is 0 Å². The van der Waals surface area contributed by atoms with E-state index >= 15 is 0 Å². The second kappa shape index (κ2) is 6.93. The van der Waals surface area contributed by atoms with Gasteiger partial charge < -0.3 is 9.84 Å². The summed E-state index contributed by atoms with van der Waals surface area (Å²) in [4.78, 5) is 0. The van der Waals surface area contributed by atoms with Gasteiger partial charge >= 0.3 is 43.1 Å². The van der Waals surface area contributed by atoms with Gasteiger partial charge in [0, 0.05) is 6.61 Å². The average molecular weight is 332 g/mol. The van der Waals surface area contributed by atoms with Crippen LogP contribution in [-0.4, -0.2) is 43.0 Å². The summed E-state index contributed by atoms with van der Waals surface area (Å²) >= 11 is 0. The Bertz CT molecular complexity index is 298. The molecule has 0 aromatic heterocycles. The van der Waals surface area contributed by atoms with E-state index in [-0.39, 0.29) is 18.9 Å². The molecule has 0 heterocycles. The molecule has 0 rings (SSSR count). The molecule has 1 unspecified atom stereocenters. The molecular formula is C8H7F10LiO2. The summed E-state index contributed by atoms with van der Waals surface area (Å²) in [5.74, 6) is -13.0. The third-order valence-electron chi connectivity index (χ3n) is 1.91. The van der Waals surface area contributed by atoms with Crippen LogP contribution < -0.4 is 24.0 Å². The maximum absolute atomic E-state index is 12.7. The Hall–Kier alpha value is -0.183. The molecule has 0 saturated carbocycles. The number of rotatable bonds is 5. The molecular weight excluding hydrogens is 325 g/mol. The van der Waals surface area contributed by atoms with Crippen molar-refractivity contribution in [3.8, 4) is 0 Å². The molecule has 0 aliphatic carbocycles. The monoisotopic (exact) mass is 332 g/mol. The molecule has 122 valence electrons. The summed E-state index contributed by atoms with van der Waals surface area (Å²) in [7, 11) is 0. The second-order valence-corrected chi connectivity index (χ2v) is 3.77. The van der Waals surface area contributed by atoms with Gasteiger partial charge in [-0.1, -0.05) is 6.92 Å². The van der Waals surface area contributed by atoms with Crippen LogP contribution in [0.4, 0.5) is 43.9 Å². The molecule has 0 aliphatic heterocycles. The van der Waals surface area contributed by atoms with Crippen LogP contribution in [0.2, 0.25) is 0 Å². The normalized spacial score (nSPS) is 15.9. The van der Waals surface area contributed by atoms with Crippen LogP contribution in [-0.2, 0) is 4.74 Å². The molecule has 0 saturated heterocycles. The third kappa shape index (κ3) is 5.19. The molecule has 0 amide bonds. The number of alkyl halides is 10. The second-order valence-electron chi connectivity index (χ2n) is 3.77. The third-order valence-corrected chi connectivity index (χ3v) is 1.91. The van der Waals surface area contributed by atoms with Crippen molar-refractivity contribution in [1.29, 1.82) is 0 Å². The van der Waals surface area contributed by atoms with E-state index in [4.69, 9.17) is 0 Å². The Kier molecular flexibility index (Phi) is 7.62. The molecule has 0 spiro atoms. The molecule has 13 heteroatoms. The van der Waals surface area contributed by atoms with Crippen molar-refractivity contribution < 1.29 is 72.6 Å². The molecule has 0 bridgehead atoms. The summed E-state index contributed by atoms with van der Waals surface area (Å²) in [6.45, 7) is -1.06. The van der Waals surface area contributed by atoms with E-state index in [2.05, 4.69) is 4.74 Å². The Morgan fingerprint density at radius 2 is 1.10 bits per heavy atom. The fourth-order valence-corrected chi connectivity index (χ4v) is 0.966. The van der Waals surface area contributed by atoms with E-state index < -0.39 is 43.0 Å². The Balaban J connectivity index is 0. The fourth-order valence-electron chi connectivity index (χ4n) is 0.966. The fraction of sp³-hybridized carbons (Fsp3) is 1.00. The zero-order chi connectivity index (χ0) is 16.6. The first-order valence-electron chi connectivity index (χ1n) is 4.71. The topological polar surface area (TPSA) is 32.3 Å². The molecule has 0 fully saturated rings. The van der Waals surface area contributed by atoms with Crippen molar-refractivity contribution in [3.63, 3.8) is 0 Å². The molecule has 21 heavy (non-hydrogen) atoms. The number of halogens is 10. The van der Waals surface area contributed by atoms with Gasteiger partial charge in [0.25, 0.3) is 0 Å². The van der Waals surface area contributed by atoms with Crippen LogP contribution >= 0.6 is 0 Å². The summed E-state index contributed by atoms with van der Waals surface area (Å²) in [5, 5.41) is 10.4. The maximum Gasteiger partial charge on any atom is 1.00 e. The molecule has 1 atom stereocenters. The van der Waals surface area contributed by atoms with Crippen molar-refractivity contribution in [3.05, 3.63) is 0 Å². The summed E-state index contributed by atoms with van der Waals surface area (Å²) in [5.41, 5.74) is 0. The molecule has 0 aliphatic rings. The van der Waals surface area contributed by atoms with Crippen molar-refractivity contribution in [2.75, 3.05) is 6.61 Å². The van der Waals surface area contributed by atoms with E-state index in [0.29, 0.717) is 6.92 Å². The number of hydrogen-bond acceptors (Lipinski definition) is 2. The minimum absolute atomic E-state index is 0. The SMILES string of the molecule is CC([O-])COC(C(F)(F)C(F)(F)F)C(F)(F)C(F)(F)F.[Li+]. The van der Waals surface area contributed by atoms with Crippen molar-refractivity contribution >= 4 is 0 Å². The van der Waals surface area contributed by atoms with E-state index in [9.17, 15) is 49.0 Å². The van der Waals surface area contributed by atoms with Crippen molar-refractivity contribution in [2.45, 2.75) is 43.3 Å². The van der Waals surface area contributed by atoms with Gasteiger partial charge in [0.05, 0.1) is 0 Å². The van der Waals surface area contributed by atoms with Crippen LogP contribution in [0.1, 0.15) is 6.92 Å². The Labute approximate surface area is 123 Å². The molecule has 0 radical (unpaired) electrons. The van der Waals surface area contributed by atoms with Crippen LogP contribution in [0.25, 0.3) is 0 Å². The molecule has 0 N–H and O–H groups in total. The van der Waals surface area contributed by atoms with Crippen LogP contribution in [0.3, 0.4) is 0 Å². The molecule has 0 aromatic rings. The van der Waals surface area contributed by atoms with E-state index in [1.807, 2.05) is 0 Å². The van der Waals surface area contributed by atoms with Gasteiger partial charge in [0.2, 0.25) is 6.10 Å². The quantitative estimate of drug-likeness (QED) is 0.503. The summed E-state index contributed by atoms with van der Waals surface area (Å²) in [6.07, 6.45) is -20.4. The maximum atomic E-state index is 12.7. The van der Waals surface area contributed by atoms with Gasteiger partial charge in [-0.25, -0.2) is 0 Å². The largest absolute Gasteiger partial charge is 1.00 e. The van der Waals surface area contributed by atoms with Crippen molar-refractivity contribution in [2.24, 2.45) is 0 Å². The standard InChI is InChI=1S/C8H7F10O2.Li/c1-3(19)2-20-4(5(9,10)7(13,14)15)6(11,12)8(16,17)18;/h3-4H,2H2,1H3;/q-1;+1. The van der Waals surface area contributed by atoms with Gasteiger partial charge in [-0.3, -0.25) is 0 Å². The predicted molar refractivity (Wildman–Crippen MR) is 41.2 cm³/mol. The first-order valence-corrected chi connectivity index (χ1v) is 4.71.